The highest BCUT2D eigenvalue weighted by Crippen LogP contribution is 2.68. The molecule has 6 atom stereocenters. The number of hydrogen-bond donors (Lipinski definition) is 1. The SMILES string of the molecule is C=CCN(C(=O)C1N(CCO)C(=O)[C@@H]2[C@H](C(=O)N(CC=C)c3ccccc3)[C@H]3SC12CC3Br)c1ccc(Cl)cc1. The molecule has 0 saturated carbocycles. The second-order valence-corrected chi connectivity index (χ2v) is 13.4. The van der Waals surface area contributed by atoms with Gasteiger partial charge in [0.05, 0.1) is 23.2 Å². The molecule has 2 bridgehead atoms. The van der Waals surface area contributed by atoms with Crippen molar-refractivity contribution in [2.24, 2.45) is 11.8 Å². The van der Waals surface area contributed by atoms with Crippen LogP contribution in [0.5, 0.6) is 0 Å². The van der Waals surface area contributed by atoms with E-state index in [4.69, 9.17) is 11.6 Å². The van der Waals surface area contributed by atoms with Crippen LogP contribution in [0, 0.1) is 11.8 Å². The van der Waals surface area contributed by atoms with Crippen molar-refractivity contribution in [3.05, 3.63) is 84.9 Å². The summed E-state index contributed by atoms with van der Waals surface area (Å²) in [6.07, 6.45) is 3.86. The largest absolute Gasteiger partial charge is 0.395 e. The molecule has 0 aliphatic carbocycles. The number of alkyl halides is 1. The van der Waals surface area contributed by atoms with Crippen molar-refractivity contribution in [2.45, 2.75) is 27.3 Å². The van der Waals surface area contributed by atoms with Gasteiger partial charge in [-0.1, -0.05) is 57.9 Å². The number of fused-ring (bicyclic) bond motifs is 1. The van der Waals surface area contributed by atoms with Gasteiger partial charge in [0, 0.05) is 46.1 Å². The molecule has 10 heteroatoms. The van der Waals surface area contributed by atoms with Crippen molar-refractivity contribution in [1.29, 1.82) is 0 Å². The van der Waals surface area contributed by atoms with Crippen LogP contribution in [0.15, 0.2) is 79.9 Å². The summed E-state index contributed by atoms with van der Waals surface area (Å²) in [6, 6.07) is 15.4. The molecule has 2 aromatic rings. The summed E-state index contributed by atoms with van der Waals surface area (Å²) in [7, 11) is 0. The number of amides is 3. The zero-order chi connectivity index (χ0) is 28.6. The molecule has 3 heterocycles. The van der Waals surface area contributed by atoms with Crippen LogP contribution in [0.3, 0.4) is 0 Å². The Morgan fingerprint density at radius 3 is 2.25 bits per heavy atom. The molecule has 3 fully saturated rings. The third-order valence-electron chi connectivity index (χ3n) is 8.01. The molecule has 5 rings (SSSR count). The van der Waals surface area contributed by atoms with Crippen LogP contribution in [0.25, 0.3) is 0 Å². The normalized spacial score (nSPS) is 28.3. The van der Waals surface area contributed by atoms with E-state index < -0.39 is 22.6 Å². The second kappa shape index (κ2) is 11.7. The highest BCUT2D eigenvalue weighted by Gasteiger charge is 2.76. The summed E-state index contributed by atoms with van der Waals surface area (Å²) in [6.45, 7) is 7.92. The van der Waals surface area contributed by atoms with Gasteiger partial charge in [0.1, 0.15) is 6.04 Å². The van der Waals surface area contributed by atoms with Gasteiger partial charge in [-0.25, -0.2) is 0 Å². The number of nitrogens with zero attached hydrogens (tertiary/aromatic N) is 3. The summed E-state index contributed by atoms with van der Waals surface area (Å²) < 4.78 is -0.828. The quantitative estimate of drug-likeness (QED) is 0.304. The number of aliphatic hydroxyl groups excluding tert-OH is 1. The van der Waals surface area contributed by atoms with E-state index in [1.54, 1.807) is 58.0 Å². The number of halogens is 2. The number of aliphatic hydroxyl groups is 1. The van der Waals surface area contributed by atoms with Crippen LogP contribution < -0.4 is 9.80 Å². The van der Waals surface area contributed by atoms with Crippen molar-refractivity contribution in [3.63, 3.8) is 0 Å². The van der Waals surface area contributed by atoms with Crippen molar-refractivity contribution in [3.8, 4) is 0 Å². The van der Waals surface area contributed by atoms with Crippen LogP contribution in [0.4, 0.5) is 11.4 Å². The Morgan fingerprint density at radius 1 is 1.05 bits per heavy atom. The van der Waals surface area contributed by atoms with E-state index in [-0.39, 0.29) is 47.5 Å². The maximum atomic E-state index is 14.5. The van der Waals surface area contributed by atoms with Crippen molar-refractivity contribution < 1.29 is 19.5 Å². The predicted molar refractivity (Wildman–Crippen MR) is 164 cm³/mol. The zero-order valence-corrected chi connectivity index (χ0v) is 25.0. The Kier molecular flexibility index (Phi) is 8.47. The summed E-state index contributed by atoms with van der Waals surface area (Å²) >= 11 is 11.5. The second-order valence-electron chi connectivity index (χ2n) is 10.2. The van der Waals surface area contributed by atoms with Crippen LogP contribution in [-0.2, 0) is 14.4 Å². The van der Waals surface area contributed by atoms with Crippen molar-refractivity contribution in [2.75, 3.05) is 36.0 Å². The van der Waals surface area contributed by atoms with Crippen LogP contribution in [-0.4, -0.2) is 74.8 Å². The maximum absolute atomic E-state index is 14.5. The number of thioether (sulfide) groups is 1. The molecular weight excluding hydrogens is 614 g/mol. The molecule has 3 aliphatic rings. The molecule has 0 aromatic heterocycles. The molecule has 3 amide bonds. The first-order valence-electron chi connectivity index (χ1n) is 13.2. The number of anilines is 2. The topological polar surface area (TPSA) is 81.2 Å². The molecule has 1 N–H and O–H groups in total. The standard InChI is InChI=1S/C30H31BrClN3O4S/c1-3-14-33(20-8-6-5-7-9-20)27(37)23-24-28(38)35(16-17-36)26(30(24)18-22(31)25(23)40-30)29(39)34(15-4-2)21-12-10-19(32)11-13-21/h3-13,22-26,36H,1-2,14-18H2/t22?,23-,24-,25-,26?,30?/m0/s1. The fourth-order valence-corrected chi connectivity index (χ4v) is 10.2. The summed E-state index contributed by atoms with van der Waals surface area (Å²) in [5.74, 6) is -2.03. The van der Waals surface area contributed by atoms with E-state index >= 15 is 0 Å². The molecular formula is C30H31BrClN3O4S. The van der Waals surface area contributed by atoms with Gasteiger partial charge in [-0.2, -0.15) is 0 Å². The van der Waals surface area contributed by atoms with Gasteiger partial charge < -0.3 is 19.8 Å². The number of benzene rings is 2. The lowest BCUT2D eigenvalue weighted by atomic mass is 9.70. The van der Waals surface area contributed by atoms with E-state index in [0.29, 0.717) is 23.7 Å². The number of carbonyl (C=O) groups is 3. The first kappa shape index (κ1) is 28.9. The molecule has 2 aromatic carbocycles. The molecule has 40 heavy (non-hydrogen) atoms. The van der Waals surface area contributed by atoms with Gasteiger partial charge in [0.25, 0.3) is 5.91 Å². The first-order valence-corrected chi connectivity index (χ1v) is 15.3. The number of carbonyl (C=O) groups excluding carboxylic acids is 3. The van der Waals surface area contributed by atoms with E-state index in [9.17, 15) is 19.5 Å². The highest BCUT2D eigenvalue weighted by molar-refractivity contribution is 9.09. The monoisotopic (exact) mass is 643 g/mol. The zero-order valence-electron chi connectivity index (χ0n) is 21.9. The minimum Gasteiger partial charge on any atom is -0.395 e. The Bertz CT molecular complexity index is 1310. The summed E-state index contributed by atoms with van der Waals surface area (Å²) in [5.41, 5.74) is 1.36. The predicted octanol–water partition coefficient (Wildman–Crippen LogP) is 4.54. The van der Waals surface area contributed by atoms with E-state index in [2.05, 4.69) is 29.1 Å². The van der Waals surface area contributed by atoms with Crippen molar-refractivity contribution >= 4 is 68.4 Å². The minimum atomic E-state index is -0.856. The summed E-state index contributed by atoms with van der Waals surface area (Å²) in [4.78, 5) is 47.6. The van der Waals surface area contributed by atoms with Gasteiger partial charge in [-0.05, 0) is 42.8 Å². The molecule has 0 radical (unpaired) electrons. The average Bonchev–Trinajstić information content (AvgIpc) is 3.54. The third kappa shape index (κ3) is 4.70. The van der Waals surface area contributed by atoms with Gasteiger partial charge in [-0.3, -0.25) is 14.4 Å². The lowest BCUT2D eigenvalue weighted by Crippen LogP contribution is -2.56. The Balaban J connectivity index is 1.57. The first-order chi connectivity index (χ1) is 19.3. The molecule has 3 unspecified atom stereocenters. The minimum absolute atomic E-state index is 0.00415. The average molecular weight is 645 g/mol. The lowest BCUT2D eigenvalue weighted by Gasteiger charge is -2.38. The molecule has 210 valence electrons. The summed E-state index contributed by atoms with van der Waals surface area (Å²) in [5, 5.41) is 10.3. The molecule has 7 nitrogen and oxygen atoms in total. The Morgan fingerprint density at radius 2 is 1.65 bits per heavy atom. The van der Waals surface area contributed by atoms with Crippen LogP contribution in [0.1, 0.15) is 6.42 Å². The molecule has 3 aliphatic heterocycles. The molecule has 3 saturated heterocycles. The number of hydrogen-bond acceptors (Lipinski definition) is 5. The maximum Gasteiger partial charge on any atom is 0.251 e. The van der Waals surface area contributed by atoms with Crippen molar-refractivity contribution in [1.82, 2.24) is 4.90 Å². The Hall–Kier alpha value is -2.59. The van der Waals surface area contributed by atoms with Gasteiger partial charge in [0.15, 0.2) is 0 Å². The fraction of sp³-hybridized carbons (Fsp3) is 0.367. The van der Waals surface area contributed by atoms with E-state index in [1.165, 1.54) is 4.90 Å². The fourth-order valence-electron chi connectivity index (χ4n) is 6.50. The molecule has 1 spiro atoms. The van der Waals surface area contributed by atoms with E-state index in [1.807, 2.05) is 30.3 Å². The van der Waals surface area contributed by atoms with Crippen LogP contribution >= 0.6 is 39.3 Å². The number of rotatable bonds is 10. The van der Waals surface area contributed by atoms with Gasteiger partial charge in [0.2, 0.25) is 11.8 Å². The van der Waals surface area contributed by atoms with E-state index in [0.717, 1.165) is 5.69 Å². The third-order valence-corrected chi connectivity index (χ3v) is 11.5. The smallest absolute Gasteiger partial charge is 0.251 e. The Labute approximate surface area is 252 Å². The highest BCUT2D eigenvalue weighted by atomic mass is 79.9. The lowest BCUT2D eigenvalue weighted by molar-refractivity contribution is -0.139. The van der Waals surface area contributed by atoms with Gasteiger partial charge in [-0.15, -0.1) is 24.9 Å². The number of β-amino-alcohol motifs (C(OH)–C–C–N with tert-alkyl or cyclic N) is 1. The van der Waals surface area contributed by atoms with Crippen LogP contribution in [0.2, 0.25) is 5.02 Å². The number of para-hydroxylation sites is 1. The van der Waals surface area contributed by atoms with Gasteiger partial charge >= 0.3 is 0 Å². The number of likely N-dealkylation sites (tertiary alicyclic amines) is 1.